The molecule has 1 aromatic carbocycles. The maximum Gasteiger partial charge on any atom is 0.240 e. The summed E-state index contributed by atoms with van der Waals surface area (Å²) in [6.07, 6.45) is 2.20. The minimum absolute atomic E-state index is 0.158. The molecule has 0 radical (unpaired) electrons. The molecule has 0 spiro atoms. The van der Waals surface area contributed by atoms with Gasteiger partial charge in [0.1, 0.15) is 0 Å². The highest BCUT2D eigenvalue weighted by Crippen LogP contribution is 2.15. The predicted octanol–water partition coefficient (Wildman–Crippen LogP) is 0.576. The van der Waals surface area contributed by atoms with Crippen molar-refractivity contribution in [2.24, 2.45) is 5.92 Å². The quantitative estimate of drug-likeness (QED) is 0.832. The molecule has 2 amide bonds. The molecule has 5 heteroatoms. The summed E-state index contributed by atoms with van der Waals surface area (Å²) < 4.78 is 0. The standard InChI is InChI=1S/C16H22N2O3/c19-12-14-7-4-8-18(10-14)11-16(21)17-15(20)9-13-5-2-1-3-6-13/h1-3,5-6,14,19H,4,7-12H2,(H,17,20,21). The van der Waals surface area contributed by atoms with Gasteiger partial charge < -0.3 is 5.11 Å². The first-order valence-electron chi connectivity index (χ1n) is 7.37. The Morgan fingerprint density at radius 2 is 2.00 bits per heavy atom. The molecule has 5 nitrogen and oxygen atoms in total. The van der Waals surface area contributed by atoms with E-state index in [4.69, 9.17) is 0 Å². The zero-order valence-corrected chi connectivity index (χ0v) is 12.1. The molecule has 0 aromatic heterocycles. The van der Waals surface area contributed by atoms with Crippen molar-refractivity contribution in [2.75, 3.05) is 26.2 Å². The molecule has 114 valence electrons. The zero-order chi connectivity index (χ0) is 15.1. The van der Waals surface area contributed by atoms with Crippen molar-refractivity contribution in [1.29, 1.82) is 0 Å². The number of carbonyl (C=O) groups is 2. The first kappa shape index (κ1) is 15.7. The minimum Gasteiger partial charge on any atom is -0.396 e. The fourth-order valence-electron chi connectivity index (χ4n) is 2.67. The van der Waals surface area contributed by atoms with Crippen LogP contribution in [0.1, 0.15) is 18.4 Å². The van der Waals surface area contributed by atoms with Crippen LogP contribution in [0.15, 0.2) is 30.3 Å². The summed E-state index contributed by atoms with van der Waals surface area (Å²) in [4.78, 5) is 25.7. The average Bonchev–Trinajstić information content (AvgIpc) is 2.48. The highest BCUT2D eigenvalue weighted by molar-refractivity contribution is 5.96. The Hall–Kier alpha value is -1.72. The molecule has 21 heavy (non-hydrogen) atoms. The Morgan fingerprint density at radius 3 is 2.71 bits per heavy atom. The van der Waals surface area contributed by atoms with Crippen LogP contribution in [0.4, 0.5) is 0 Å². The van der Waals surface area contributed by atoms with E-state index in [0.29, 0.717) is 0 Å². The SMILES string of the molecule is O=C(Cc1ccccc1)NC(=O)CN1CCCC(CO)C1. The van der Waals surface area contributed by atoms with Crippen LogP contribution in [-0.4, -0.2) is 48.1 Å². The van der Waals surface area contributed by atoms with Crippen LogP contribution >= 0.6 is 0 Å². The fourth-order valence-corrected chi connectivity index (χ4v) is 2.67. The van der Waals surface area contributed by atoms with Gasteiger partial charge in [0.25, 0.3) is 0 Å². The van der Waals surface area contributed by atoms with Crippen molar-refractivity contribution in [1.82, 2.24) is 10.2 Å². The third-order valence-electron chi connectivity index (χ3n) is 3.71. The molecule has 1 aliphatic heterocycles. The van der Waals surface area contributed by atoms with Gasteiger partial charge in [0.15, 0.2) is 0 Å². The van der Waals surface area contributed by atoms with Crippen molar-refractivity contribution >= 4 is 11.8 Å². The van der Waals surface area contributed by atoms with E-state index < -0.39 is 0 Å². The van der Waals surface area contributed by atoms with Gasteiger partial charge in [-0.3, -0.25) is 19.8 Å². The van der Waals surface area contributed by atoms with E-state index >= 15 is 0 Å². The number of piperidine rings is 1. The molecular formula is C16H22N2O3. The van der Waals surface area contributed by atoms with Crippen LogP contribution in [0, 0.1) is 5.92 Å². The lowest BCUT2D eigenvalue weighted by Gasteiger charge is -2.30. The lowest BCUT2D eigenvalue weighted by atomic mass is 9.99. The van der Waals surface area contributed by atoms with Crippen molar-refractivity contribution in [2.45, 2.75) is 19.3 Å². The number of likely N-dealkylation sites (tertiary alicyclic amines) is 1. The zero-order valence-electron chi connectivity index (χ0n) is 12.1. The number of aliphatic hydroxyl groups excluding tert-OH is 1. The highest BCUT2D eigenvalue weighted by atomic mass is 16.3. The number of aliphatic hydroxyl groups is 1. The lowest BCUT2D eigenvalue weighted by molar-refractivity contribution is -0.131. The predicted molar refractivity (Wildman–Crippen MR) is 79.5 cm³/mol. The van der Waals surface area contributed by atoms with Crippen molar-refractivity contribution in [3.8, 4) is 0 Å². The fraction of sp³-hybridized carbons (Fsp3) is 0.500. The van der Waals surface area contributed by atoms with E-state index in [0.717, 1.165) is 31.5 Å². The molecule has 1 fully saturated rings. The summed E-state index contributed by atoms with van der Waals surface area (Å²) in [5.41, 5.74) is 0.890. The second kappa shape index (κ2) is 7.90. The summed E-state index contributed by atoms with van der Waals surface area (Å²) >= 11 is 0. The number of imide groups is 1. The maximum atomic E-state index is 11.9. The summed E-state index contributed by atoms with van der Waals surface area (Å²) in [6, 6.07) is 9.35. The van der Waals surface area contributed by atoms with Crippen LogP contribution < -0.4 is 5.32 Å². The monoisotopic (exact) mass is 290 g/mol. The first-order chi connectivity index (χ1) is 10.2. The molecule has 1 saturated heterocycles. The van der Waals surface area contributed by atoms with Crippen LogP contribution in [0.2, 0.25) is 0 Å². The van der Waals surface area contributed by atoms with Crippen molar-refractivity contribution in [3.63, 3.8) is 0 Å². The molecule has 0 saturated carbocycles. The lowest BCUT2D eigenvalue weighted by Crippen LogP contribution is -2.44. The number of amides is 2. The number of nitrogens with zero attached hydrogens (tertiary/aromatic N) is 1. The first-order valence-corrected chi connectivity index (χ1v) is 7.37. The molecular weight excluding hydrogens is 268 g/mol. The van der Waals surface area contributed by atoms with E-state index in [-0.39, 0.29) is 37.3 Å². The topological polar surface area (TPSA) is 69.6 Å². The normalized spacial score (nSPS) is 19.2. The summed E-state index contributed by atoms with van der Waals surface area (Å²) in [6.45, 7) is 1.94. The Labute approximate surface area is 125 Å². The molecule has 2 rings (SSSR count). The second-order valence-corrected chi connectivity index (χ2v) is 5.56. The van der Waals surface area contributed by atoms with Crippen LogP contribution in [0.25, 0.3) is 0 Å². The number of hydrogen-bond acceptors (Lipinski definition) is 4. The van der Waals surface area contributed by atoms with Gasteiger partial charge in [0, 0.05) is 13.2 Å². The third-order valence-corrected chi connectivity index (χ3v) is 3.71. The molecule has 0 aliphatic carbocycles. The smallest absolute Gasteiger partial charge is 0.240 e. The number of nitrogens with one attached hydrogen (secondary N) is 1. The van der Waals surface area contributed by atoms with E-state index in [9.17, 15) is 14.7 Å². The molecule has 0 bridgehead atoms. The number of benzene rings is 1. The Kier molecular flexibility index (Phi) is 5.90. The van der Waals surface area contributed by atoms with Gasteiger partial charge in [-0.25, -0.2) is 0 Å². The average molecular weight is 290 g/mol. The second-order valence-electron chi connectivity index (χ2n) is 5.56. The Morgan fingerprint density at radius 1 is 1.24 bits per heavy atom. The maximum absolute atomic E-state index is 11.9. The highest BCUT2D eigenvalue weighted by Gasteiger charge is 2.21. The summed E-state index contributed by atoms with van der Waals surface area (Å²) in [5, 5.41) is 11.6. The molecule has 1 unspecified atom stereocenters. The van der Waals surface area contributed by atoms with Gasteiger partial charge in [-0.15, -0.1) is 0 Å². The Bertz CT molecular complexity index is 476. The molecule has 2 N–H and O–H groups in total. The Balaban J connectivity index is 1.75. The van der Waals surface area contributed by atoms with E-state index in [1.54, 1.807) is 0 Å². The van der Waals surface area contributed by atoms with Gasteiger partial charge in [0.2, 0.25) is 11.8 Å². The van der Waals surface area contributed by atoms with Gasteiger partial charge in [0.05, 0.1) is 13.0 Å². The van der Waals surface area contributed by atoms with E-state index in [2.05, 4.69) is 5.32 Å². The summed E-state index contributed by atoms with van der Waals surface area (Å²) in [7, 11) is 0. The van der Waals surface area contributed by atoms with Gasteiger partial charge in [-0.1, -0.05) is 30.3 Å². The van der Waals surface area contributed by atoms with Crippen molar-refractivity contribution < 1.29 is 14.7 Å². The number of hydrogen-bond donors (Lipinski definition) is 2. The van der Waals surface area contributed by atoms with Crippen molar-refractivity contribution in [3.05, 3.63) is 35.9 Å². The third kappa shape index (κ3) is 5.28. The van der Waals surface area contributed by atoms with Crippen LogP contribution in [-0.2, 0) is 16.0 Å². The molecule has 1 aliphatic rings. The van der Waals surface area contributed by atoms with E-state index in [1.165, 1.54) is 0 Å². The number of rotatable bonds is 5. The minimum atomic E-state index is -0.276. The van der Waals surface area contributed by atoms with Crippen LogP contribution in [0.5, 0.6) is 0 Å². The van der Waals surface area contributed by atoms with E-state index in [1.807, 2.05) is 35.2 Å². The van der Waals surface area contributed by atoms with Gasteiger partial charge in [-0.2, -0.15) is 0 Å². The molecule has 1 aromatic rings. The number of carbonyl (C=O) groups excluding carboxylic acids is 2. The van der Waals surface area contributed by atoms with Crippen LogP contribution in [0.3, 0.4) is 0 Å². The van der Waals surface area contributed by atoms with Gasteiger partial charge in [-0.05, 0) is 30.9 Å². The largest absolute Gasteiger partial charge is 0.396 e. The summed E-state index contributed by atoms with van der Waals surface area (Å²) in [5.74, 6) is -0.303. The van der Waals surface area contributed by atoms with Gasteiger partial charge >= 0.3 is 0 Å². The molecule has 1 atom stereocenters. The molecule has 1 heterocycles.